The van der Waals surface area contributed by atoms with Crippen LogP contribution in [0.5, 0.6) is 11.5 Å². The minimum Gasteiger partial charge on any atom is -0.494 e. The topological polar surface area (TPSA) is 71.0 Å². The van der Waals surface area contributed by atoms with Gasteiger partial charge in [0.1, 0.15) is 18.1 Å². The number of carbonyl (C=O) groups is 1. The Kier molecular flexibility index (Phi) is 6.69. The van der Waals surface area contributed by atoms with Crippen LogP contribution in [0.3, 0.4) is 0 Å². The van der Waals surface area contributed by atoms with Crippen molar-refractivity contribution in [2.45, 2.75) is 32.1 Å². The molecule has 0 aliphatic carbocycles. The molecule has 31 heavy (non-hydrogen) atoms. The van der Waals surface area contributed by atoms with Gasteiger partial charge in [-0.3, -0.25) is 10.2 Å². The molecule has 2 aromatic carbocycles. The van der Waals surface area contributed by atoms with Crippen molar-refractivity contribution < 1.29 is 36.9 Å². The molecule has 10 heteroatoms. The first-order chi connectivity index (χ1) is 14.7. The summed E-state index contributed by atoms with van der Waals surface area (Å²) in [4.78, 5) is 12.6. The van der Waals surface area contributed by atoms with Crippen molar-refractivity contribution in [3.63, 3.8) is 0 Å². The normalized spacial score (nSPS) is 18.2. The second-order valence-electron chi connectivity index (χ2n) is 6.63. The molecule has 1 heterocycles. The van der Waals surface area contributed by atoms with Crippen molar-refractivity contribution in [2.75, 3.05) is 6.61 Å². The van der Waals surface area contributed by atoms with Gasteiger partial charge in [-0.15, -0.1) is 0 Å². The van der Waals surface area contributed by atoms with E-state index in [0.29, 0.717) is 23.7 Å². The van der Waals surface area contributed by atoms with Crippen LogP contribution < -0.4 is 14.9 Å². The molecule has 0 saturated heterocycles. The Hall–Kier alpha value is -3.27. The number of benzene rings is 2. The summed E-state index contributed by atoms with van der Waals surface area (Å²) in [5.41, 5.74) is -1.70. The lowest BCUT2D eigenvalue weighted by atomic mass is 10.1. The fraction of sp³-hybridized carbons (Fsp3) is 0.286. The summed E-state index contributed by atoms with van der Waals surface area (Å²) >= 11 is 0. The van der Waals surface area contributed by atoms with Crippen LogP contribution in [-0.4, -0.2) is 41.2 Å². The summed E-state index contributed by atoms with van der Waals surface area (Å²) in [7, 11) is 0. The first kappa shape index (κ1) is 22.4. The molecule has 0 radical (unpaired) electrons. The number of ether oxygens (including phenoxy) is 2. The summed E-state index contributed by atoms with van der Waals surface area (Å²) in [5, 5.41) is 10.2. The van der Waals surface area contributed by atoms with Crippen molar-refractivity contribution in [3.05, 3.63) is 71.4 Å². The van der Waals surface area contributed by atoms with Gasteiger partial charge in [-0.1, -0.05) is 12.1 Å². The molecule has 1 atom stereocenters. The van der Waals surface area contributed by atoms with Crippen molar-refractivity contribution in [2.24, 2.45) is 0 Å². The van der Waals surface area contributed by atoms with E-state index in [1.54, 1.807) is 24.3 Å². The molecule has 3 rings (SSSR count). The van der Waals surface area contributed by atoms with Gasteiger partial charge >= 0.3 is 0 Å². The lowest BCUT2D eigenvalue weighted by Crippen LogP contribution is -2.56. The van der Waals surface area contributed by atoms with Gasteiger partial charge in [0.25, 0.3) is 18.8 Å². The second kappa shape index (κ2) is 9.25. The monoisotopic (exact) mass is 440 g/mol. The Morgan fingerprint density at radius 3 is 2.13 bits per heavy atom. The first-order valence-corrected chi connectivity index (χ1v) is 9.32. The molecule has 0 bridgehead atoms. The third-order valence-electron chi connectivity index (χ3n) is 4.47. The largest absolute Gasteiger partial charge is 0.494 e. The number of carbonyl (C=O) groups excluding carboxylic acids is 1. The molecule has 0 aromatic heterocycles. The number of halogens is 4. The molecule has 2 aromatic rings. The van der Waals surface area contributed by atoms with Crippen molar-refractivity contribution in [3.8, 4) is 11.5 Å². The first-order valence-electron chi connectivity index (χ1n) is 9.32. The number of hydrogen-bond donors (Lipinski definition) is 2. The molecule has 2 N–H and O–H groups in total. The van der Waals surface area contributed by atoms with E-state index in [9.17, 15) is 27.5 Å². The number of nitrogens with one attached hydrogen (secondary N) is 1. The van der Waals surface area contributed by atoms with E-state index in [-0.39, 0.29) is 23.3 Å². The highest BCUT2D eigenvalue weighted by atomic mass is 19.3. The van der Waals surface area contributed by atoms with Gasteiger partial charge in [0.15, 0.2) is 0 Å². The number of amides is 1. The summed E-state index contributed by atoms with van der Waals surface area (Å²) < 4.78 is 63.3. The molecule has 0 fully saturated rings. The molecule has 166 valence electrons. The van der Waals surface area contributed by atoms with E-state index in [2.05, 4.69) is 0 Å². The Bertz CT molecular complexity index is 935. The van der Waals surface area contributed by atoms with Gasteiger partial charge < -0.3 is 14.6 Å². The highest BCUT2D eigenvalue weighted by Crippen LogP contribution is 2.31. The maximum atomic E-state index is 13.3. The lowest BCUT2D eigenvalue weighted by Gasteiger charge is -2.31. The van der Waals surface area contributed by atoms with Gasteiger partial charge in [0, 0.05) is 11.6 Å². The number of nitrogens with zero attached hydrogens (tertiary/aromatic N) is 1. The molecule has 1 aliphatic rings. The molecular formula is C21H20F4N2O4. The van der Waals surface area contributed by atoms with Gasteiger partial charge in [0.2, 0.25) is 5.72 Å². The zero-order chi connectivity index (χ0) is 22.6. The van der Waals surface area contributed by atoms with Gasteiger partial charge in [-0.05, 0) is 48.9 Å². The summed E-state index contributed by atoms with van der Waals surface area (Å²) in [6.07, 6.45) is -6.41. The molecule has 1 aliphatic heterocycles. The zero-order valence-electron chi connectivity index (χ0n) is 16.4. The molecule has 1 unspecified atom stereocenters. The van der Waals surface area contributed by atoms with Crippen LogP contribution in [0, 0.1) is 0 Å². The smallest absolute Gasteiger partial charge is 0.291 e. The van der Waals surface area contributed by atoms with Crippen LogP contribution in [0.4, 0.5) is 17.6 Å². The average molecular weight is 440 g/mol. The Morgan fingerprint density at radius 1 is 1.03 bits per heavy atom. The van der Waals surface area contributed by atoms with Gasteiger partial charge in [-0.2, -0.15) is 0 Å². The summed E-state index contributed by atoms with van der Waals surface area (Å²) in [6.45, 7) is 2.59. The summed E-state index contributed by atoms with van der Waals surface area (Å²) in [5.74, 6) is 0.215. The van der Waals surface area contributed by atoms with Gasteiger partial charge in [0.05, 0.1) is 12.3 Å². The van der Waals surface area contributed by atoms with Crippen molar-refractivity contribution in [1.82, 2.24) is 10.4 Å². The third kappa shape index (κ3) is 4.91. The third-order valence-corrected chi connectivity index (χ3v) is 4.47. The summed E-state index contributed by atoms with van der Waals surface area (Å²) in [6, 6.07) is 12.7. The van der Waals surface area contributed by atoms with E-state index >= 15 is 0 Å². The number of alkyl halides is 4. The van der Waals surface area contributed by atoms with Crippen LogP contribution in [0.2, 0.25) is 0 Å². The minimum atomic E-state index is -3.50. The molecule has 0 saturated carbocycles. The highest BCUT2D eigenvalue weighted by molar-refractivity contribution is 5.95. The highest BCUT2D eigenvalue weighted by Gasteiger charge is 2.51. The number of rotatable bonds is 8. The molecule has 0 spiro atoms. The van der Waals surface area contributed by atoms with E-state index in [0.717, 1.165) is 0 Å². The fourth-order valence-corrected chi connectivity index (χ4v) is 2.87. The molecular weight excluding hydrogens is 420 g/mol. The number of aliphatic hydroxyl groups is 1. The minimum absolute atomic E-state index is 0.0830. The number of hydrazine groups is 1. The Morgan fingerprint density at radius 2 is 1.61 bits per heavy atom. The van der Waals surface area contributed by atoms with Crippen LogP contribution in [0.15, 0.2) is 60.3 Å². The van der Waals surface area contributed by atoms with Crippen LogP contribution in [-0.2, 0) is 6.61 Å². The Labute approximate surface area is 175 Å². The Balaban J connectivity index is 1.66. The van der Waals surface area contributed by atoms with Crippen molar-refractivity contribution >= 4 is 5.91 Å². The van der Waals surface area contributed by atoms with Gasteiger partial charge in [-0.25, -0.2) is 22.6 Å². The van der Waals surface area contributed by atoms with E-state index in [1.165, 1.54) is 24.3 Å². The van der Waals surface area contributed by atoms with Crippen LogP contribution in [0.25, 0.3) is 0 Å². The number of hydrogen-bond acceptors (Lipinski definition) is 5. The zero-order valence-corrected chi connectivity index (χ0v) is 16.4. The second-order valence-corrected chi connectivity index (χ2v) is 6.63. The quantitative estimate of drug-likeness (QED) is 0.613. The maximum absolute atomic E-state index is 13.3. The SMILES string of the molecule is CCOc1ccc(OCc2ccc(C(=O)N3NC(C(F)F)=CC3(O)C(F)F)cc2)cc1. The lowest BCUT2D eigenvalue weighted by molar-refractivity contribution is -0.146. The molecule has 1 amide bonds. The van der Waals surface area contributed by atoms with E-state index < -0.39 is 30.2 Å². The predicted octanol–water partition coefficient (Wildman–Crippen LogP) is 3.73. The van der Waals surface area contributed by atoms with E-state index in [1.807, 2.05) is 12.3 Å². The molecule has 6 nitrogen and oxygen atoms in total. The average Bonchev–Trinajstić information content (AvgIpc) is 3.13. The van der Waals surface area contributed by atoms with Crippen LogP contribution >= 0.6 is 0 Å². The standard InChI is InChI=1S/C21H20F4N2O4/c1-2-30-15-7-9-16(10-8-15)31-12-13-3-5-14(6-4-13)19(28)27-21(29,20(24)25)11-17(26-27)18(22)23/h3-11,18,20,26,29H,2,12H2,1H3. The maximum Gasteiger partial charge on any atom is 0.291 e. The number of allylic oxidation sites excluding steroid dienone is 1. The van der Waals surface area contributed by atoms with E-state index in [4.69, 9.17) is 9.47 Å². The van der Waals surface area contributed by atoms with Crippen LogP contribution in [0.1, 0.15) is 22.8 Å². The predicted molar refractivity (Wildman–Crippen MR) is 103 cm³/mol. The fourth-order valence-electron chi connectivity index (χ4n) is 2.87. The van der Waals surface area contributed by atoms with Crippen molar-refractivity contribution in [1.29, 1.82) is 0 Å².